The van der Waals surface area contributed by atoms with Crippen LogP contribution in [0.1, 0.15) is 25.3 Å². The number of aliphatic hydroxyl groups is 1. The first-order chi connectivity index (χ1) is 9.70. The van der Waals surface area contributed by atoms with Crippen molar-refractivity contribution in [2.75, 3.05) is 18.9 Å². The second-order valence-electron chi connectivity index (χ2n) is 5.37. The minimum atomic E-state index is 0.181. The number of nitrogens with zero attached hydrogens (tertiary/aromatic N) is 2. The number of hydrogen-bond acceptors (Lipinski definition) is 4. The summed E-state index contributed by atoms with van der Waals surface area (Å²) in [5.74, 6) is 1.78. The highest BCUT2D eigenvalue weighted by molar-refractivity contribution is 7.99. The van der Waals surface area contributed by atoms with Gasteiger partial charge >= 0.3 is 0 Å². The Bertz CT molecular complexity index is 427. The maximum atomic E-state index is 12.3. The van der Waals surface area contributed by atoms with Crippen LogP contribution < -0.4 is 0 Å². The number of likely N-dealkylation sites (tertiary alicyclic amines) is 1. The van der Waals surface area contributed by atoms with E-state index in [-0.39, 0.29) is 18.4 Å². The molecule has 0 aromatic carbocycles. The Morgan fingerprint density at radius 3 is 2.90 bits per heavy atom. The number of pyridine rings is 1. The van der Waals surface area contributed by atoms with E-state index in [2.05, 4.69) is 11.9 Å². The van der Waals surface area contributed by atoms with E-state index in [0.29, 0.717) is 18.3 Å². The summed E-state index contributed by atoms with van der Waals surface area (Å²) in [5, 5.41) is 9.25. The van der Waals surface area contributed by atoms with Gasteiger partial charge in [0.05, 0.1) is 5.75 Å². The van der Waals surface area contributed by atoms with Crippen molar-refractivity contribution in [2.45, 2.75) is 31.6 Å². The van der Waals surface area contributed by atoms with Crippen LogP contribution in [0.2, 0.25) is 0 Å². The summed E-state index contributed by atoms with van der Waals surface area (Å²) in [6.07, 6.45) is 5.56. The number of amides is 1. The Morgan fingerprint density at radius 2 is 2.20 bits per heavy atom. The molecule has 1 aromatic heterocycles. The lowest BCUT2D eigenvalue weighted by Crippen LogP contribution is -2.47. The van der Waals surface area contributed by atoms with Crippen molar-refractivity contribution in [1.82, 2.24) is 9.88 Å². The fourth-order valence-corrected chi connectivity index (χ4v) is 3.37. The van der Waals surface area contributed by atoms with Crippen LogP contribution in [0.4, 0.5) is 0 Å². The smallest absolute Gasteiger partial charge is 0.232 e. The standard InChI is InChI=1S/C15H22N2O2S/c1-12-2-3-14(9-18)8-17(12)15(19)11-20-10-13-4-6-16-7-5-13/h4-7,12,14,18H,2-3,8-11H2,1H3. The molecule has 2 unspecified atom stereocenters. The average molecular weight is 294 g/mol. The molecule has 1 N–H and O–H groups in total. The summed E-state index contributed by atoms with van der Waals surface area (Å²) in [5.41, 5.74) is 1.19. The van der Waals surface area contributed by atoms with Crippen LogP contribution in [0.25, 0.3) is 0 Å². The summed E-state index contributed by atoms with van der Waals surface area (Å²) < 4.78 is 0. The molecule has 1 aliphatic heterocycles. The Morgan fingerprint density at radius 1 is 1.45 bits per heavy atom. The molecule has 0 bridgehead atoms. The lowest BCUT2D eigenvalue weighted by molar-refractivity contribution is -0.133. The van der Waals surface area contributed by atoms with Crippen LogP contribution >= 0.6 is 11.8 Å². The van der Waals surface area contributed by atoms with E-state index >= 15 is 0 Å². The lowest BCUT2D eigenvalue weighted by Gasteiger charge is -2.37. The third kappa shape index (κ3) is 4.21. The SMILES string of the molecule is CC1CCC(CO)CN1C(=O)CSCc1ccncc1. The van der Waals surface area contributed by atoms with Gasteiger partial charge in [-0.3, -0.25) is 9.78 Å². The molecule has 5 heteroatoms. The molecule has 4 nitrogen and oxygen atoms in total. The highest BCUT2D eigenvalue weighted by Gasteiger charge is 2.28. The van der Waals surface area contributed by atoms with E-state index in [9.17, 15) is 9.90 Å². The predicted octanol–water partition coefficient (Wildman–Crippen LogP) is 1.93. The van der Waals surface area contributed by atoms with Gasteiger partial charge in [-0.05, 0) is 43.4 Å². The van der Waals surface area contributed by atoms with Gasteiger partial charge < -0.3 is 10.0 Å². The summed E-state index contributed by atoms with van der Waals surface area (Å²) in [4.78, 5) is 18.2. The largest absolute Gasteiger partial charge is 0.396 e. The zero-order chi connectivity index (χ0) is 14.4. The monoisotopic (exact) mass is 294 g/mol. The molecular formula is C15H22N2O2S. The van der Waals surface area contributed by atoms with E-state index in [1.54, 1.807) is 24.2 Å². The minimum Gasteiger partial charge on any atom is -0.396 e. The van der Waals surface area contributed by atoms with Crippen LogP contribution in [0.3, 0.4) is 0 Å². The summed E-state index contributed by atoms with van der Waals surface area (Å²) >= 11 is 1.64. The Hall–Kier alpha value is -1.07. The summed E-state index contributed by atoms with van der Waals surface area (Å²) in [6, 6.07) is 4.25. The zero-order valence-corrected chi connectivity index (χ0v) is 12.7. The molecule has 20 heavy (non-hydrogen) atoms. The predicted molar refractivity (Wildman–Crippen MR) is 81.4 cm³/mol. The molecule has 0 spiro atoms. The normalized spacial score (nSPS) is 22.8. The number of thioether (sulfide) groups is 1. The molecule has 2 atom stereocenters. The number of hydrogen-bond donors (Lipinski definition) is 1. The van der Waals surface area contributed by atoms with Gasteiger partial charge in [-0.15, -0.1) is 11.8 Å². The maximum absolute atomic E-state index is 12.3. The molecule has 1 amide bonds. The first-order valence-corrected chi connectivity index (χ1v) is 8.23. The van der Waals surface area contributed by atoms with Crippen molar-refractivity contribution < 1.29 is 9.90 Å². The van der Waals surface area contributed by atoms with Gasteiger partial charge in [0, 0.05) is 37.3 Å². The molecule has 2 heterocycles. The Labute approximate surface area is 124 Å². The van der Waals surface area contributed by atoms with Gasteiger partial charge in [0.1, 0.15) is 0 Å². The number of aliphatic hydroxyl groups excluding tert-OH is 1. The van der Waals surface area contributed by atoms with Gasteiger partial charge in [0.25, 0.3) is 0 Å². The second-order valence-corrected chi connectivity index (χ2v) is 6.35. The van der Waals surface area contributed by atoms with Crippen LogP contribution in [-0.4, -0.2) is 45.8 Å². The Kier molecular flexibility index (Phi) is 5.86. The van der Waals surface area contributed by atoms with Crippen molar-refractivity contribution >= 4 is 17.7 Å². The number of aromatic nitrogens is 1. The third-order valence-corrected chi connectivity index (χ3v) is 4.79. The number of carbonyl (C=O) groups is 1. The first-order valence-electron chi connectivity index (χ1n) is 7.07. The zero-order valence-electron chi connectivity index (χ0n) is 11.9. The summed E-state index contributed by atoms with van der Waals surface area (Å²) in [6.45, 7) is 2.98. The Balaban J connectivity index is 1.79. The first kappa shape index (κ1) is 15.3. The van der Waals surface area contributed by atoms with Crippen molar-refractivity contribution in [3.8, 4) is 0 Å². The van der Waals surface area contributed by atoms with Gasteiger partial charge in [-0.2, -0.15) is 0 Å². The van der Waals surface area contributed by atoms with Gasteiger partial charge in [-0.1, -0.05) is 0 Å². The molecule has 0 aliphatic carbocycles. The fraction of sp³-hybridized carbons (Fsp3) is 0.600. The molecule has 1 aromatic rings. The number of rotatable bonds is 5. The quantitative estimate of drug-likeness (QED) is 0.901. The van der Waals surface area contributed by atoms with Crippen LogP contribution in [0, 0.1) is 5.92 Å². The topological polar surface area (TPSA) is 53.4 Å². The van der Waals surface area contributed by atoms with Crippen LogP contribution in [-0.2, 0) is 10.5 Å². The molecule has 1 fully saturated rings. The molecule has 1 saturated heterocycles. The van der Waals surface area contributed by atoms with E-state index in [1.807, 2.05) is 17.0 Å². The molecular weight excluding hydrogens is 272 g/mol. The second kappa shape index (κ2) is 7.64. The van der Waals surface area contributed by atoms with Crippen molar-refractivity contribution in [3.63, 3.8) is 0 Å². The van der Waals surface area contributed by atoms with Crippen LogP contribution in [0.5, 0.6) is 0 Å². The van der Waals surface area contributed by atoms with Crippen molar-refractivity contribution in [2.24, 2.45) is 5.92 Å². The van der Waals surface area contributed by atoms with Crippen molar-refractivity contribution in [3.05, 3.63) is 30.1 Å². The highest BCUT2D eigenvalue weighted by Crippen LogP contribution is 2.23. The van der Waals surface area contributed by atoms with Crippen LogP contribution in [0.15, 0.2) is 24.5 Å². The van der Waals surface area contributed by atoms with E-state index in [4.69, 9.17) is 0 Å². The number of carbonyl (C=O) groups excluding carboxylic acids is 1. The summed E-state index contributed by atoms with van der Waals surface area (Å²) in [7, 11) is 0. The van der Waals surface area contributed by atoms with Gasteiger partial charge in [0.15, 0.2) is 0 Å². The molecule has 2 rings (SSSR count). The molecule has 110 valence electrons. The molecule has 0 saturated carbocycles. The van der Waals surface area contributed by atoms with E-state index in [1.165, 1.54) is 5.56 Å². The highest BCUT2D eigenvalue weighted by atomic mass is 32.2. The van der Waals surface area contributed by atoms with Gasteiger partial charge in [0.2, 0.25) is 5.91 Å². The van der Waals surface area contributed by atoms with E-state index < -0.39 is 0 Å². The molecule has 0 radical (unpaired) electrons. The van der Waals surface area contributed by atoms with Gasteiger partial charge in [-0.25, -0.2) is 0 Å². The third-order valence-electron chi connectivity index (χ3n) is 3.80. The molecule has 1 aliphatic rings. The number of piperidine rings is 1. The minimum absolute atomic E-state index is 0.181. The lowest BCUT2D eigenvalue weighted by atomic mass is 9.94. The fourth-order valence-electron chi connectivity index (χ4n) is 2.50. The van der Waals surface area contributed by atoms with E-state index in [0.717, 1.165) is 18.6 Å². The van der Waals surface area contributed by atoms with Crippen molar-refractivity contribution in [1.29, 1.82) is 0 Å². The average Bonchev–Trinajstić information content (AvgIpc) is 2.48. The maximum Gasteiger partial charge on any atom is 0.232 e.